The Morgan fingerprint density at radius 1 is 1.33 bits per heavy atom. The van der Waals surface area contributed by atoms with E-state index in [9.17, 15) is 4.79 Å². The zero-order valence-corrected chi connectivity index (χ0v) is 10.7. The summed E-state index contributed by atoms with van der Waals surface area (Å²) in [5, 5.41) is 0. The number of nitrogens with zero attached hydrogens (tertiary/aromatic N) is 1. The van der Waals surface area contributed by atoms with E-state index < -0.39 is 0 Å². The Balaban J connectivity index is 4.29. The van der Waals surface area contributed by atoms with Crippen LogP contribution < -0.4 is 0 Å². The molecule has 0 aromatic rings. The van der Waals surface area contributed by atoms with Crippen LogP contribution in [0.1, 0.15) is 40.5 Å². The molecule has 0 fully saturated rings. The molecular weight excluding hydrogens is 190 g/mol. The number of likely N-dealkylation sites (N-methyl/N-ethyl adjacent to an activating group) is 1. The first-order valence-electron chi connectivity index (χ1n) is 5.89. The summed E-state index contributed by atoms with van der Waals surface area (Å²) in [5.74, 6) is 0.492. The van der Waals surface area contributed by atoms with Crippen molar-refractivity contribution in [2.24, 2.45) is 5.92 Å². The van der Waals surface area contributed by atoms with Gasteiger partial charge in [-0.2, -0.15) is 0 Å². The lowest BCUT2D eigenvalue weighted by Gasteiger charge is -2.27. The molecule has 0 bridgehead atoms. The summed E-state index contributed by atoms with van der Waals surface area (Å²) >= 11 is 0. The van der Waals surface area contributed by atoms with E-state index in [0.717, 1.165) is 19.4 Å². The van der Waals surface area contributed by atoms with Gasteiger partial charge >= 0.3 is 5.97 Å². The molecule has 0 aliphatic carbocycles. The summed E-state index contributed by atoms with van der Waals surface area (Å²) < 4.78 is 5.08. The largest absolute Gasteiger partial charge is 0.465 e. The van der Waals surface area contributed by atoms with Crippen LogP contribution in [-0.4, -0.2) is 37.1 Å². The van der Waals surface area contributed by atoms with Gasteiger partial charge in [-0.3, -0.25) is 9.69 Å². The van der Waals surface area contributed by atoms with Crippen LogP contribution in [0.4, 0.5) is 0 Å². The van der Waals surface area contributed by atoms with Crippen LogP contribution >= 0.6 is 0 Å². The monoisotopic (exact) mass is 215 g/mol. The molecule has 0 heterocycles. The van der Waals surface area contributed by atoms with Crippen molar-refractivity contribution in [1.82, 2.24) is 4.90 Å². The molecule has 3 nitrogen and oxygen atoms in total. The normalized spacial score (nSPS) is 13.3. The van der Waals surface area contributed by atoms with Crippen molar-refractivity contribution in [3.8, 4) is 0 Å². The number of hydrogen-bond acceptors (Lipinski definition) is 3. The van der Waals surface area contributed by atoms with Gasteiger partial charge in [-0.25, -0.2) is 0 Å². The number of carbonyl (C=O) groups excluding carboxylic acids is 1. The van der Waals surface area contributed by atoms with Crippen molar-refractivity contribution in [1.29, 1.82) is 0 Å². The third-order valence-electron chi connectivity index (χ3n) is 2.31. The van der Waals surface area contributed by atoms with Gasteiger partial charge < -0.3 is 4.74 Å². The van der Waals surface area contributed by atoms with Gasteiger partial charge in [0.2, 0.25) is 0 Å². The summed E-state index contributed by atoms with van der Waals surface area (Å²) in [6, 6.07) is -0.0719. The fourth-order valence-electron chi connectivity index (χ4n) is 1.73. The van der Waals surface area contributed by atoms with Crippen molar-refractivity contribution in [3.63, 3.8) is 0 Å². The SMILES string of the molecule is CCCC(C(=O)OCC)N(C)CC(C)C. The van der Waals surface area contributed by atoms with Gasteiger partial charge in [0, 0.05) is 6.54 Å². The smallest absolute Gasteiger partial charge is 0.323 e. The Labute approximate surface area is 93.8 Å². The second-order valence-electron chi connectivity index (χ2n) is 4.39. The number of esters is 1. The van der Waals surface area contributed by atoms with Crippen LogP contribution in [0, 0.1) is 5.92 Å². The van der Waals surface area contributed by atoms with E-state index in [2.05, 4.69) is 25.7 Å². The highest BCUT2D eigenvalue weighted by atomic mass is 16.5. The molecule has 90 valence electrons. The summed E-state index contributed by atoms with van der Waals surface area (Å²) in [4.78, 5) is 13.8. The predicted octanol–water partition coefficient (Wildman–Crippen LogP) is 2.31. The molecule has 1 unspecified atom stereocenters. The van der Waals surface area contributed by atoms with Crippen molar-refractivity contribution < 1.29 is 9.53 Å². The topological polar surface area (TPSA) is 29.5 Å². The molecule has 0 N–H and O–H groups in total. The van der Waals surface area contributed by atoms with E-state index in [1.54, 1.807) is 0 Å². The van der Waals surface area contributed by atoms with Crippen molar-refractivity contribution in [2.75, 3.05) is 20.2 Å². The lowest BCUT2D eigenvalue weighted by atomic mass is 10.1. The molecule has 0 aliphatic rings. The fraction of sp³-hybridized carbons (Fsp3) is 0.917. The van der Waals surface area contributed by atoms with Gasteiger partial charge in [0.15, 0.2) is 0 Å². The van der Waals surface area contributed by atoms with Crippen LogP contribution in [0.5, 0.6) is 0 Å². The van der Waals surface area contributed by atoms with Gasteiger partial charge in [0.05, 0.1) is 6.61 Å². The molecule has 0 aromatic heterocycles. The van der Waals surface area contributed by atoms with E-state index in [-0.39, 0.29) is 12.0 Å². The van der Waals surface area contributed by atoms with Crippen molar-refractivity contribution >= 4 is 5.97 Å². The highest BCUT2D eigenvalue weighted by Gasteiger charge is 2.23. The summed E-state index contributed by atoms with van der Waals surface area (Å²) in [6.45, 7) is 9.66. The van der Waals surface area contributed by atoms with E-state index in [0.29, 0.717) is 12.5 Å². The standard InChI is InChI=1S/C12H25NO2/c1-6-8-11(12(14)15-7-2)13(5)9-10(3)4/h10-11H,6-9H2,1-5H3. The molecule has 0 radical (unpaired) electrons. The Morgan fingerprint density at radius 3 is 2.33 bits per heavy atom. The van der Waals surface area contributed by atoms with Crippen LogP contribution in [-0.2, 0) is 9.53 Å². The van der Waals surface area contributed by atoms with Gasteiger partial charge in [-0.05, 0) is 26.3 Å². The molecule has 0 saturated carbocycles. The van der Waals surface area contributed by atoms with E-state index in [1.807, 2.05) is 14.0 Å². The number of rotatable bonds is 7. The molecule has 0 saturated heterocycles. The number of hydrogen-bond donors (Lipinski definition) is 0. The Hall–Kier alpha value is -0.570. The first-order valence-corrected chi connectivity index (χ1v) is 5.89. The predicted molar refractivity (Wildman–Crippen MR) is 62.8 cm³/mol. The second kappa shape index (κ2) is 7.69. The summed E-state index contributed by atoms with van der Waals surface area (Å²) in [5.41, 5.74) is 0. The van der Waals surface area contributed by atoms with Crippen LogP contribution in [0.3, 0.4) is 0 Å². The first kappa shape index (κ1) is 14.4. The first-order chi connectivity index (χ1) is 7.02. The lowest BCUT2D eigenvalue weighted by Crippen LogP contribution is -2.41. The van der Waals surface area contributed by atoms with Crippen molar-refractivity contribution in [2.45, 2.75) is 46.6 Å². The highest BCUT2D eigenvalue weighted by Crippen LogP contribution is 2.09. The molecule has 0 spiro atoms. The maximum absolute atomic E-state index is 11.7. The average Bonchev–Trinajstić information content (AvgIpc) is 2.13. The third kappa shape index (κ3) is 5.78. The molecule has 15 heavy (non-hydrogen) atoms. The summed E-state index contributed by atoms with van der Waals surface area (Å²) in [6.07, 6.45) is 1.88. The molecular formula is C12H25NO2. The van der Waals surface area contributed by atoms with E-state index in [4.69, 9.17) is 4.74 Å². The zero-order valence-electron chi connectivity index (χ0n) is 10.7. The quantitative estimate of drug-likeness (QED) is 0.610. The Kier molecular flexibility index (Phi) is 7.39. The van der Waals surface area contributed by atoms with Gasteiger partial charge in [0.25, 0.3) is 0 Å². The van der Waals surface area contributed by atoms with E-state index in [1.165, 1.54) is 0 Å². The lowest BCUT2D eigenvalue weighted by molar-refractivity contribution is -0.149. The number of ether oxygens (including phenoxy) is 1. The number of carbonyl (C=O) groups is 1. The van der Waals surface area contributed by atoms with Crippen molar-refractivity contribution in [3.05, 3.63) is 0 Å². The van der Waals surface area contributed by atoms with E-state index >= 15 is 0 Å². The minimum absolute atomic E-state index is 0.0719. The van der Waals surface area contributed by atoms with Crippen LogP contribution in [0.2, 0.25) is 0 Å². The highest BCUT2D eigenvalue weighted by molar-refractivity contribution is 5.75. The maximum Gasteiger partial charge on any atom is 0.323 e. The minimum atomic E-state index is -0.0810. The Morgan fingerprint density at radius 2 is 1.93 bits per heavy atom. The second-order valence-corrected chi connectivity index (χ2v) is 4.39. The Bertz CT molecular complexity index is 180. The van der Waals surface area contributed by atoms with Gasteiger partial charge in [-0.15, -0.1) is 0 Å². The van der Waals surface area contributed by atoms with Gasteiger partial charge in [0.1, 0.15) is 6.04 Å². The average molecular weight is 215 g/mol. The molecule has 3 heteroatoms. The molecule has 1 atom stereocenters. The van der Waals surface area contributed by atoms with Crippen LogP contribution in [0.25, 0.3) is 0 Å². The molecule has 0 aromatic carbocycles. The molecule has 0 amide bonds. The summed E-state index contributed by atoms with van der Waals surface area (Å²) in [7, 11) is 2.00. The molecule has 0 rings (SSSR count). The third-order valence-corrected chi connectivity index (χ3v) is 2.31. The van der Waals surface area contributed by atoms with Gasteiger partial charge in [-0.1, -0.05) is 27.2 Å². The molecule has 0 aliphatic heterocycles. The minimum Gasteiger partial charge on any atom is -0.465 e. The maximum atomic E-state index is 11.7. The van der Waals surface area contributed by atoms with Crippen LogP contribution in [0.15, 0.2) is 0 Å². The zero-order chi connectivity index (χ0) is 11.8. The fourth-order valence-corrected chi connectivity index (χ4v) is 1.73.